The number of fused-ring (bicyclic) bond motifs is 2. The second kappa shape index (κ2) is 7.41. The molecular weight excluding hydrogens is 276 g/mol. The van der Waals surface area contributed by atoms with Crippen molar-refractivity contribution in [2.24, 2.45) is 9.98 Å². The molecule has 0 N–H and O–H groups in total. The summed E-state index contributed by atoms with van der Waals surface area (Å²) in [4.78, 5) is 8.85. The van der Waals surface area contributed by atoms with Gasteiger partial charge in [-0.1, -0.05) is 24.3 Å². The van der Waals surface area contributed by atoms with Gasteiger partial charge in [0, 0.05) is 36.6 Å². The van der Waals surface area contributed by atoms with Crippen molar-refractivity contribution >= 4 is 12.4 Å². The normalized spacial score (nSPS) is 14.9. The lowest BCUT2D eigenvalue weighted by Crippen LogP contribution is -2.08. The van der Waals surface area contributed by atoms with Gasteiger partial charge in [-0.15, -0.1) is 0 Å². The van der Waals surface area contributed by atoms with E-state index in [1.54, 1.807) is 0 Å². The summed E-state index contributed by atoms with van der Waals surface area (Å²) in [6.45, 7) is 1.66. The minimum atomic E-state index is 0.149. The van der Waals surface area contributed by atoms with Crippen molar-refractivity contribution in [2.75, 3.05) is 19.9 Å². The highest BCUT2D eigenvalue weighted by atomic mass is 16.7. The van der Waals surface area contributed by atoms with E-state index in [4.69, 9.17) is 9.47 Å². The second-order valence-corrected chi connectivity index (χ2v) is 4.91. The van der Waals surface area contributed by atoms with Crippen molar-refractivity contribution < 1.29 is 9.47 Å². The summed E-state index contributed by atoms with van der Waals surface area (Å²) in [5.74, 6) is 1.55. The SMILES string of the molecule is C1=NCCCN=Cc2ccccc2OCOc2ccccc21. The van der Waals surface area contributed by atoms with Crippen LogP contribution < -0.4 is 9.47 Å². The van der Waals surface area contributed by atoms with Crippen LogP contribution in [0.5, 0.6) is 11.5 Å². The Labute approximate surface area is 130 Å². The maximum atomic E-state index is 5.73. The molecule has 2 aromatic carbocycles. The first-order valence-corrected chi connectivity index (χ1v) is 7.37. The molecule has 0 atom stereocenters. The van der Waals surface area contributed by atoms with E-state index >= 15 is 0 Å². The van der Waals surface area contributed by atoms with E-state index in [0.717, 1.165) is 42.1 Å². The number of rotatable bonds is 0. The molecule has 0 saturated carbocycles. The smallest absolute Gasteiger partial charge is 0.230 e. The van der Waals surface area contributed by atoms with Gasteiger partial charge in [-0.3, -0.25) is 9.98 Å². The molecule has 2 aromatic rings. The number of nitrogens with zero attached hydrogens (tertiary/aromatic N) is 2. The molecule has 3 rings (SSSR count). The zero-order valence-corrected chi connectivity index (χ0v) is 12.3. The molecular formula is C18H18N2O2. The van der Waals surface area contributed by atoms with Crippen LogP contribution in [0.1, 0.15) is 17.5 Å². The van der Waals surface area contributed by atoms with Gasteiger partial charge >= 0.3 is 0 Å². The first-order valence-electron chi connectivity index (χ1n) is 7.37. The predicted octanol–water partition coefficient (Wildman–Crippen LogP) is 3.34. The summed E-state index contributed by atoms with van der Waals surface area (Å²) in [7, 11) is 0. The molecule has 112 valence electrons. The van der Waals surface area contributed by atoms with Crippen LogP contribution in [0.15, 0.2) is 58.5 Å². The molecule has 4 heteroatoms. The van der Waals surface area contributed by atoms with Crippen LogP contribution in [0.4, 0.5) is 0 Å². The molecule has 0 fully saturated rings. The minimum absolute atomic E-state index is 0.149. The monoisotopic (exact) mass is 294 g/mol. The average molecular weight is 294 g/mol. The molecule has 1 aliphatic heterocycles. The molecule has 0 saturated heterocycles. The van der Waals surface area contributed by atoms with Gasteiger partial charge in [0.05, 0.1) is 0 Å². The Bertz CT molecular complexity index is 623. The second-order valence-electron chi connectivity index (χ2n) is 4.91. The van der Waals surface area contributed by atoms with Crippen LogP contribution in [0, 0.1) is 0 Å². The van der Waals surface area contributed by atoms with Gasteiger partial charge < -0.3 is 9.47 Å². The van der Waals surface area contributed by atoms with Gasteiger partial charge in [-0.2, -0.15) is 0 Å². The first kappa shape index (κ1) is 14.3. The summed E-state index contributed by atoms with van der Waals surface area (Å²) < 4.78 is 11.5. The van der Waals surface area contributed by atoms with Crippen LogP contribution in [-0.4, -0.2) is 32.3 Å². The Kier molecular flexibility index (Phi) is 4.82. The van der Waals surface area contributed by atoms with Crippen molar-refractivity contribution in [2.45, 2.75) is 6.42 Å². The lowest BCUT2D eigenvalue weighted by Gasteiger charge is -2.12. The maximum absolute atomic E-state index is 5.73. The van der Waals surface area contributed by atoms with E-state index in [9.17, 15) is 0 Å². The molecule has 0 unspecified atom stereocenters. The summed E-state index contributed by atoms with van der Waals surface area (Å²) >= 11 is 0. The molecule has 0 radical (unpaired) electrons. The third-order valence-electron chi connectivity index (χ3n) is 3.30. The van der Waals surface area contributed by atoms with Crippen molar-refractivity contribution in [1.82, 2.24) is 0 Å². The van der Waals surface area contributed by atoms with Gasteiger partial charge in [0.2, 0.25) is 6.79 Å². The standard InChI is InChI=1S/C18H18N2O2/c1-3-8-17-15(6-1)12-19-10-5-11-20-13-16-7-2-4-9-18(16)22-14-21-17/h1-4,6-9,12-13H,5,10-11,14H2. The average Bonchev–Trinajstić information content (AvgIpc) is 2.56. The van der Waals surface area contributed by atoms with Crippen molar-refractivity contribution in [3.8, 4) is 11.5 Å². The number of ether oxygens (including phenoxy) is 2. The summed E-state index contributed by atoms with van der Waals surface area (Å²) in [6.07, 6.45) is 4.61. The molecule has 1 heterocycles. The Morgan fingerprint density at radius 3 is 1.73 bits per heavy atom. The quantitative estimate of drug-likeness (QED) is 0.748. The van der Waals surface area contributed by atoms with Gasteiger partial charge in [0.15, 0.2) is 0 Å². The third-order valence-corrected chi connectivity index (χ3v) is 3.30. The zero-order valence-electron chi connectivity index (χ0n) is 12.3. The van der Waals surface area contributed by atoms with Gasteiger partial charge in [-0.05, 0) is 30.7 Å². The molecule has 22 heavy (non-hydrogen) atoms. The highest BCUT2D eigenvalue weighted by Crippen LogP contribution is 2.19. The number of hydrogen-bond acceptors (Lipinski definition) is 4. The molecule has 0 amide bonds. The molecule has 0 aromatic heterocycles. The molecule has 4 nitrogen and oxygen atoms in total. The van der Waals surface area contributed by atoms with E-state index < -0.39 is 0 Å². The largest absolute Gasteiger partial charge is 0.457 e. The fourth-order valence-corrected chi connectivity index (χ4v) is 2.17. The highest BCUT2D eigenvalue weighted by molar-refractivity contribution is 5.84. The predicted molar refractivity (Wildman–Crippen MR) is 88.5 cm³/mol. The van der Waals surface area contributed by atoms with Gasteiger partial charge in [-0.25, -0.2) is 0 Å². The lowest BCUT2D eigenvalue weighted by molar-refractivity contribution is 0.119. The van der Waals surface area contributed by atoms with Crippen LogP contribution in [-0.2, 0) is 0 Å². The van der Waals surface area contributed by atoms with E-state index in [1.807, 2.05) is 61.0 Å². The van der Waals surface area contributed by atoms with E-state index in [-0.39, 0.29) is 6.79 Å². The minimum Gasteiger partial charge on any atom is -0.457 e. The third kappa shape index (κ3) is 3.73. The molecule has 0 aliphatic carbocycles. The number of hydrogen-bond donors (Lipinski definition) is 0. The van der Waals surface area contributed by atoms with Crippen molar-refractivity contribution in [3.63, 3.8) is 0 Å². The van der Waals surface area contributed by atoms with E-state index in [1.165, 1.54) is 0 Å². The topological polar surface area (TPSA) is 43.2 Å². The van der Waals surface area contributed by atoms with E-state index in [2.05, 4.69) is 9.98 Å². The lowest BCUT2D eigenvalue weighted by atomic mass is 10.2. The fourth-order valence-electron chi connectivity index (χ4n) is 2.17. The van der Waals surface area contributed by atoms with Crippen molar-refractivity contribution in [1.29, 1.82) is 0 Å². The zero-order chi connectivity index (χ0) is 15.0. The van der Waals surface area contributed by atoms with E-state index in [0.29, 0.717) is 0 Å². The summed E-state index contributed by atoms with van der Waals surface area (Å²) in [6, 6.07) is 15.6. The Balaban J connectivity index is 1.83. The van der Waals surface area contributed by atoms with Crippen LogP contribution >= 0.6 is 0 Å². The number of para-hydroxylation sites is 2. The Morgan fingerprint density at radius 2 is 1.18 bits per heavy atom. The highest BCUT2D eigenvalue weighted by Gasteiger charge is 2.04. The van der Waals surface area contributed by atoms with Crippen LogP contribution in [0.25, 0.3) is 0 Å². The van der Waals surface area contributed by atoms with Crippen molar-refractivity contribution in [3.05, 3.63) is 59.7 Å². The summed E-state index contributed by atoms with van der Waals surface area (Å²) in [5, 5.41) is 0. The number of aliphatic imine (C=N–C) groups is 2. The maximum Gasteiger partial charge on any atom is 0.230 e. The van der Waals surface area contributed by atoms with Gasteiger partial charge in [0.25, 0.3) is 0 Å². The Hall–Kier alpha value is -2.62. The number of benzene rings is 2. The summed E-state index contributed by atoms with van der Waals surface area (Å²) in [5.41, 5.74) is 1.92. The Morgan fingerprint density at radius 1 is 0.682 bits per heavy atom. The molecule has 0 bridgehead atoms. The van der Waals surface area contributed by atoms with Gasteiger partial charge in [0.1, 0.15) is 11.5 Å². The molecule has 0 spiro atoms. The van der Waals surface area contributed by atoms with Crippen LogP contribution in [0.2, 0.25) is 0 Å². The fraction of sp³-hybridized carbons (Fsp3) is 0.222. The molecule has 1 aliphatic rings. The van der Waals surface area contributed by atoms with Crippen LogP contribution in [0.3, 0.4) is 0 Å². The first-order chi connectivity index (χ1) is 10.9.